The van der Waals surface area contributed by atoms with Crippen LogP contribution in [0.4, 0.5) is 4.79 Å². The molecule has 1 aromatic heterocycles. The Balaban J connectivity index is 1.16. The van der Waals surface area contributed by atoms with E-state index in [0.29, 0.717) is 11.8 Å². The fraction of sp³-hybridized carbons (Fsp3) is 0.625. The second-order valence-corrected chi connectivity index (χ2v) is 9.83. The van der Waals surface area contributed by atoms with Gasteiger partial charge < -0.3 is 14.6 Å². The Hall–Kier alpha value is -1.97. The lowest BCUT2D eigenvalue weighted by atomic mass is 9.55. The first-order valence-corrected chi connectivity index (χ1v) is 11.3. The van der Waals surface area contributed by atoms with E-state index in [9.17, 15) is 4.79 Å². The van der Waals surface area contributed by atoms with Crippen molar-refractivity contribution in [3.05, 3.63) is 36.0 Å². The van der Waals surface area contributed by atoms with Crippen LogP contribution in [0.15, 0.2) is 30.5 Å². The fourth-order valence-electron chi connectivity index (χ4n) is 7.09. The lowest BCUT2D eigenvalue weighted by Crippen LogP contribution is -2.51. The minimum Gasteiger partial charge on any atom is -0.446 e. The number of aromatic nitrogens is 1. The van der Waals surface area contributed by atoms with Gasteiger partial charge in [0.15, 0.2) is 0 Å². The van der Waals surface area contributed by atoms with Crippen molar-refractivity contribution < 1.29 is 9.53 Å². The Morgan fingerprint density at radius 3 is 2.61 bits per heavy atom. The predicted octanol–water partition coefficient (Wildman–Crippen LogP) is 5.14. The first kappa shape index (κ1) is 16.9. The normalized spacial score (nSPS) is 36.4. The van der Waals surface area contributed by atoms with E-state index < -0.39 is 0 Å². The summed E-state index contributed by atoms with van der Waals surface area (Å²) in [5.74, 6) is 3.10. The molecule has 4 saturated carbocycles. The average molecular weight is 379 g/mol. The van der Waals surface area contributed by atoms with Gasteiger partial charge in [-0.15, -0.1) is 0 Å². The van der Waals surface area contributed by atoms with Crippen LogP contribution in [0.2, 0.25) is 0 Å². The van der Waals surface area contributed by atoms with Crippen molar-refractivity contribution in [3.63, 3.8) is 0 Å². The first-order chi connectivity index (χ1) is 13.7. The van der Waals surface area contributed by atoms with Crippen LogP contribution >= 0.6 is 0 Å². The Morgan fingerprint density at radius 1 is 1.07 bits per heavy atom. The zero-order valence-corrected chi connectivity index (χ0v) is 16.5. The van der Waals surface area contributed by atoms with E-state index >= 15 is 0 Å². The molecular formula is C24H30N2O2. The number of carbonyl (C=O) groups excluding carboxylic acids is 1. The summed E-state index contributed by atoms with van der Waals surface area (Å²) in [5.41, 5.74) is 2.49. The molecule has 148 valence electrons. The van der Waals surface area contributed by atoms with Crippen molar-refractivity contribution in [1.82, 2.24) is 9.88 Å². The molecule has 4 heteroatoms. The van der Waals surface area contributed by atoms with Gasteiger partial charge in [0.2, 0.25) is 0 Å². The third-order valence-corrected chi connectivity index (χ3v) is 8.12. The van der Waals surface area contributed by atoms with Gasteiger partial charge in [-0.2, -0.15) is 0 Å². The van der Waals surface area contributed by atoms with E-state index in [1.807, 2.05) is 4.90 Å². The molecule has 1 amide bonds. The second kappa shape index (κ2) is 6.53. The predicted molar refractivity (Wildman–Crippen MR) is 109 cm³/mol. The van der Waals surface area contributed by atoms with Crippen molar-refractivity contribution in [2.75, 3.05) is 6.54 Å². The fourth-order valence-corrected chi connectivity index (χ4v) is 7.09. The van der Waals surface area contributed by atoms with Crippen LogP contribution in [0.5, 0.6) is 0 Å². The SMILES string of the molecule is O=C(OC1C2CC3CC(C2)CC1C3)N1CCCC1Cc1c[nH]c2ccccc12. The molecule has 1 saturated heterocycles. The van der Waals surface area contributed by atoms with Gasteiger partial charge in [-0.1, -0.05) is 18.2 Å². The number of ether oxygens (including phenoxy) is 1. The monoisotopic (exact) mass is 378 g/mol. The smallest absolute Gasteiger partial charge is 0.410 e. The molecule has 4 nitrogen and oxygen atoms in total. The number of carbonyl (C=O) groups is 1. The third-order valence-electron chi connectivity index (χ3n) is 8.12. The number of hydrogen-bond acceptors (Lipinski definition) is 2. The molecule has 1 N–H and O–H groups in total. The highest BCUT2D eigenvalue weighted by molar-refractivity contribution is 5.83. The van der Waals surface area contributed by atoms with Crippen molar-refractivity contribution in [2.24, 2.45) is 23.7 Å². The Bertz CT molecular complexity index is 860. The number of nitrogens with one attached hydrogen (secondary N) is 1. The summed E-state index contributed by atoms with van der Waals surface area (Å²) in [6.45, 7) is 0.846. The van der Waals surface area contributed by atoms with Gasteiger partial charge in [-0.3, -0.25) is 0 Å². The second-order valence-electron chi connectivity index (χ2n) is 9.83. The van der Waals surface area contributed by atoms with Gasteiger partial charge in [0.1, 0.15) is 6.10 Å². The number of rotatable bonds is 3. The molecule has 5 fully saturated rings. The van der Waals surface area contributed by atoms with Crippen LogP contribution in [0, 0.1) is 23.7 Å². The molecule has 5 aliphatic rings. The van der Waals surface area contributed by atoms with Gasteiger partial charge in [0.05, 0.1) is 0 Å². The molecule has 1 atom stereocenters. The Kier molecular flexibility index (Phi) is 3.95. The zero-order valence-electron chi connectivity index (χ0n) is 16.5. The summed E-state index contributed by atoms with van der Waals surface area (Å²) in [6, 6.07) is 8.71. The molecule has 4 bridgehead atoms. The van der Waals surface area contributed by atoms with Crippen molar-refractivity contribution in [2.45, 2.75) is 63.5 Å². The van der Waals surface area contributed by atoms with Crippen molar-refractivity contribution in [3.8, 4) is 0 Å². The maximum Gasteiger partial charge on any atom is 0.410 e. The molecule has 2 aromatic rings. The number of hydrogen-bond donors (Lipinski definition) is 1. The molecule has 1 aliphatic heterocycles. The summed E-state index contributed by atoms with van der Waals surface area (Å²) in [5, 5.41) is 1.28. The molecule has 4 aliphatic carbocycles. The van der Waals surface area contributed by atoms with E-state index in [-0.39, 0.29) is 18.2 Å². The Morgan fingerprint density at radius 2 is 1.82 bits per heavy atom. The quantitative estimate of drug-likeness (QED) is 0.804. The number of nitrogens with zero attached hydrogens (tertiary/aromatic N) is 1. The Labute approximate surface area is 166 Å². The molecule has 0 spiro atoms. The molecule has 7 rings (SSSR count). The lowest BCUT2D eigenvalue weighted by molar-refractivity contribution is -0.103. The standard InChI is InChI=1S/C24H30N2O2/c27-24(28-23-17-9-15-8-16(11-17)12-18(23)10-15)26-7-3-4-20(26)13-19-14-25-22-6-2-1-5-21(19)22/h1-2,5-6,14-18,20,23,25H,3-4,7-13H2. The van der Waals surface area contributed by atoms with Crippen LogP contribution in [0.3, 0.4) is 0 Å². The van der Waals surface area contributed by atoms with Crippen LogP contribution < -0.4 is 0 Å². The number of H-pyrrole nitrogens is 1. The van der Waals surface area contributed by atoms with E-state index in [4.69, 9.17) is 4.74 Å². The zero-order chi connectivity index (χ0) is 18.7. The maximum atomic E-state index is 13.1. The number of para-hydroxylation sites is 1. The van der Waals surface area contributed by atoms with Crippen LogP contribution in [0.1, 0.15) is 50.5 Å². The van der Waals surface area contributed by atoms with Crippen molar-refractivity contribution in [1.29, 1.82) is 0 Å². The van der Waals surface area contributed by atoms with Gasteiger partial charge in [0.25, 0.3) is 0 Å². The van der Waals surface area contributed by atoms with E-state index in [1.54, 1.807) is 0 Å². The highest BCUT2D eigenvalue weighted by Gasteiger charge is 2.50. The van der Waals surface area contributed by atoms with Gasteiger partial charge >= 0.3 is 6.09 Å². The van der Waals surface area contributed by atoms with Gasteiger partial charge in [0, 0.05) is 29.7 Å². The number of fused-ring (bicyclic) bond motifs is 1. The molecule has 1 unspecified atom stereocenters. The maximum absolute atomic E-state index is 13.1. The molecule has 2 heterocycles. The van der Waals surface area contributed by atoms with Crippen LogP contribution in [-0.4, -0.2) is 34.7 Å². The van der Waals surface area contributed by atoms with Crippen LogP contribution in [0.25, 0.3) is 10.9 Å². The minimum atomic E-state index is -0.0418. The number of aromatic amines is 1. The molecule has 1 aromatic carbocycles. The lowest BCUT2D eigenvalue weighted by Gasteiger charge is -2.53. The van der Waals surface area contributed by atoms with Gasteiger partial charge in [-0.25, -0.2) is 4.79 Å². The first-order valence-electron chi connectivity index (χ1n) is 11.3. The summed E-state index contributed by atoms with van der Waals surface area (Å²) in [6.07, 6.45) is 12.0. The summed E-state index contributed by atoms with van der Waals surface area (Å²) in [7, 11) is 0. The highest BCUT2D eigenvalue weighted by atomic mass is 16.6. The summed E-state index contributed by atoms with van der Waals surface area (Å²) < 4.78 is 6.23. The third kappa shape index (κ3) is 2.75. The average Bonchev–Trinajstić information content (AvgIpc) is 3.32. The summed E-state index contributed by atoms with van der Waals surface area (Å²) >= 11 is 0. The van der Waals surface area contributed by atoms with Crippen molar-refractivity contribution >= 4 is 17.0 Å². The number of benzene rings is 1. The summed E-state index contributed by atoms with van der Waals surface area (Å²) in [4.78, 5) is 18.5. The van der Waals surface area contributed by atoms with E-state index in [2.05, 4.69) is 35.4 Å². The molecule has 28 heavy (non-hydrogen) atoms. The highest BCUT2D eigenvalue weighted by Crippen LogP contribution is 2.54. The minimum absolute atomic E-state index is 0.0418. The van der Waals surface area contributed by atoms with Crippen LogP contribution in [-0.2, 0) is 11.2 Å². The molecule has 0 radical (unpaired) electrons. The van der Waals surface area contributed by atoms with Gasteiger partial charge in [-0.05, 0) is 86.7 Å². The number of likely N-dealkylation sites (tertiary alicyclic amines) is 1. The largest absolute Gasteiger partial charge is 0.446 e. The molecular weight excluding hydrogens is 348 g/mol. The topological polar surface area (TPSA) is 45.3 Å². The number of amides is 1. The van der Waals surface area contributed by atoms with E-state index in [0.717, 1.165) is 37.6 Å². The van der Waals surface area contributed by atoms with E-state index in [1.165, 1.54) is 48.6 Å².